The number of esters is 1. The minimum absolute atomic E-state index is 0.113. The van der Waals surface area contributed by atoms with Crippen LogP contribution in [0.4, 0.5) is 0 Å². The van der Waals surface area contributed by atoms with Crippen molar-refractivity contribution >= 4 is 11.9 Å². The molecule has 0 bridgehead atoms. The average Bonchev–Trinajstić information content (AvgIpc) is 2.32. The lowest BCUT2D eigenvalue weighted by Gasteiger charge is -2.06. The first-order chi connectivity index (χ1) is 8.63. The van der Waals surface area contributed by atoms with Crippen molar-refractivity contribution in [3.8, 4) is 0 Å². The fourth-order valence-electron chi connectivity index (χ4n) is 1.26. The van der Waals surface area contributed by atoms with Gasteiger partial charge >= 0.3 is 11.7 Å². The van der Waals surface area contributed by atoms with Crippen molar-refractivity contribution in [2.75, 3.05) is 13.2 Å². The fourth-order valence-corrected chi connectivity index (χ4v) is 1.26. The Morgan fingerprint density at radius 1 is 1.50 bits per heavy atom. The number of nitrogens with one attached hydrogen (secondary N) is 1. The summed E-state index contributed by atoms with van der Waals surface area (Å²) in [6.07, 6.45) is 2.94. The summed E-state index contributed by atoms with van der Waals surface area (Å²) in [6, 6.07) is 1.56. The third kappa shape index (κ3) is 4.77. The van der Waals surface area contributed by atoms with Gasteiger partial charge < -0.3 is 10.1 Å². The monoisotopic (exact) mass is 253 g/mol. The third-order valence-corrected chi connectivity index (χ3v) is 2.05. The molecule has 0 aromatic carbocycles. The summed E-state index contributed by atoms with van der Waals surface area (Å²) in [6.45, 7) is 2.10. The van der Waals surface area contributed by atoms with Gasteiger partial charge in [0.25, 0.3) is 0 Å². The van der Waals surface area contributed by atoms with Crippen molar-refractivity contribution in [3.63, 3.8) is 0 Å². The molecule has 0 unspecified atom stereocenters. The molecule has 7 heteroatoms. The number of amides is 1. The highest BCUT2D eigenvalue weighted by molar-refractivity contribution is 5.76. The molecule has 1 aromatic heterocycles. The van der Waals surface area contributed by atoms with Crippen molar-refractivity contribution in [2.45, 2.75) is 19.9 Å². The molecular weight excluding hydrogens is 238 g/mol. The summed E-state index contributed by atoms with van der Waals surface area (Å²) in [5, 5.41) is 2.52. The largest absolute Gasteiger partial charge is 0.466 e. The molecule has 0 atom stereocenters. The summed E-state index contributed by atoms with van der Waals surface area (Å²) in [5.74, 6) is -0.717. The number of ether oxygens (including phenoxy) is 1. The SMILES string of the molecule is CCOC(=O)CCNC(=O)Cn1cccnc1=O. The van der Waals surface area contributed by atoms with Crippen molar-refractivity contribution in [1.29, 1.82) is 0 Å². The summed E-state index contributed by atoms with van der Waals surface area (Å²) >= 11 is 0. The number of carbonyl (C=O) groups is 2. The zero-order valence-corrected chi connectivity index (χ0v) is 10.1. The Morgan fingerprint density at radius 3 is 2.94 bits per heavy atom. The van der Waals surface area contributed by atoms with Gasteiger partial charge in [0.15, 0.2) is 0 Å². The Balaban J connectivity index is 2.33. The van der Waals surface area contributed by atoms with E-state index in [-0.39, 0.29) is 31.4 Å². The lowest BCUT2D eigenvalue weighted by Crippen LogP contribution is -2.34. The van der Waals surface area contributed by atoms with E-state index in [9.17, 15) is 14.4 Å². The first-order valence-corrected chi connectivity index (χ1v) is 5.57. The summed E-state index contributed by atoms with van der Waals surface area (Å²) in [5.41, 5.74) is -0.488. The Labute approximate surface area is 104 Å². The van der Waals surface area contributed by atoms with Gasteiger partial charge in [-0.15, -0.1) is 0 Å². The molecule has 1 aromatic rings. The van der Waals surface area contributed by atoms with Crippen LogP contribution in [0, 0.1) is 0 Å². The molecule has 0 saturated heterocycles. The van der Waals surface area contributed by atoms with E-state index in [0.29, 0.717) is 6.61 Å². The molecule has 98 valence electrons. The van der Waals surface area contributed by atoms with Crippen LogP contribution in [0.15, 0.2) is 23.3 Å². The molecule has 0 aliphatic carbocycles. The third-order valence-electron chi connectivity index (χ3n) is 2.05. The summed E-state index contributed by atoms with van der Waals surface area (Å²) < 4.78 is 5.89. The fraction of sp³-hybridized carbons (Fsp3) is 0.455. The summed E-state index contributed by atoms with van der Waals surface area (Å²) in [7, 11) is 0. The van der Waals surface area contributed by atoms with Gasteiger partial charge in [-0.1, -0.05) is 0 Å². The van der Waals surface area contributed by atoms with Crippen LogP contribution in [0.25, 0.3) is 0 Å². The Bertz CT molecular complexity index is 469. The molecule has 0 spiro atoms. The number of nitrogens with zero attached hydrogens (tertiary/aromatic N) is 2. The highest BCUT2D eigenvalue weighted by Crippen LogP contribution is 1.85. The number of hydrogen-bond donors (Lipinski definition) is 1. The Hall–Kier alpha value is -2.18. The van der Waals surface area contributed by atoms with Crippen LogP contribution in [0.2, 0.25) is 0 Å². The minimum atomic E-state index is -0.488. The van der Waals surface area contributed by atoms with Crippen LogP contribution >= 0.6 is 0 Å². The predicted octanol–water partition coefficient (Wildman–Crippen LogP) is -0.687. The molecule has 18 heavy (non-hydrogen) atoms. The van der Waals surface area contributed by atoms with Gasteiger partial charge in [0.2, 0.25) is 5.91 Å². The van der Waals surface area contributed by atoms with Gasteiger partial charge in [0.05, 0.1) is 13.0 Å². The van der Waals surface area contributed by atoms with Crippen molar-refractivity contribution in [2.24, 2.45) is 0 Å². The molecule has 0 fully saturated rings. The van der Waals surface area contributed by atoms with Crippen LogP contribution in [0.1, 0.15) is 13.3 Å². The van der Waals surface area contributed by atoms with E-state index in [1.807, 2.05) is 0 Å². The zero-order chi connectivity index (χ0) is 13.4. The smallest absolute Gasteiger partial charge is 0.347 e. The van der Waals surface area contributed by atoms with Gasteiger partial charge in [0, 0.05) is 18.9 Å². The molecule has 0 saturated carbocycles. The lowest BCUT2D eigenvalue weighted by atomic mass is 10.4. The van der Waals surface area contributed by atoms with Crippen molar-refractivity contribution in [3.05, 3.63) is 28.9 Å². The Morgan fingerprint density at radius 2 is 2.28 bits per heavy atom. The van der Waals surface area contributed by atoms with Gasteiger partial charge in [0.1, 0.15) is 6.54 Å². The van der Waals surface area contributed by atoms with Crippen molar-refractivity contribution in [1.82, 2.24) is 14.9 Å². The van der Waals surface area contributed by atoms with Gasteiger partial charge in [-0.3, -0.25) is 14.2 Å². The number of rotatable bonds is 6. The highest BCUT2D eigenvalue weighted by Gasteiger charge is 2.06. The Kier molecular flexibility index (Phi) is 5.56. The first-order valence-electron chi connectivity index (χ1n) is 5.57. The van der Waals surface area contributed by atoms with Gasteiger partial charge in [-0.05, 0) is 13.0 Å². The normalized spacial score (nSPS) is 9.83. The molecular formula is C11H15N3O4. The zero-order valence-electron chi connectivity index (χ0n) is 10.1. The second-order valence-corrected chi connectivity index (χ2v) is 3.44. The summed E-state index contributed by atoms with van der Waals surface area (Å²) in [4.78, 5) is 37.2. The highest BCUT2D eigenvalue weighted by atomic mass is 16.5. The van der Waals surface area contributed by atoms with E-state index >= 15 is 0 Å². The molecule has 1 heterocycles. The van der Waals surface area contributed by atoms with E-state index < -0.39 is 5.69 Å². The molecule has 1 rings (SSSR count). The van der Waals surface area contributed by atoms with E-state index in [1.165, 1.54) is 17.0 Å². The number of aromatic nitrogens is 2. The second-order valence-electron chi connectivity index (χ2n) is 3.44. The molecule has 0 aliphatic heterocycles. The van der Waals surface area contributed by atoms with Crippen LogP contribution in [0.3, 0.4) is 0 Å². The average molecular weight is 253 g/mol. The molecule has 1 N–H and O–H groups in total. The van der Waals surface area contributed by atoms with Gasteiger partial charge in [-0.2, -0.15) is 0 Å². The molecule has 0 aliphatic rings. The van der Waals surface area contributed by atoms with E-state index in [2.05, 4.69) is 10.3 Å². The van der Waals surface area contributed by atoms with E-state index in [0.717, 1.165) is 0 Å². The number of hydrogen-bond acceptors (Lipinski definition) is 5. The topological polar surface area (TPSA) is 90.3 Å². The number of carbonyl (C=O) groups excluding carboxylic acids is 2. The molecule has 1 amide bonds. The second kappa shape index (κ2) is 7.21. The first kappa shape index (κ1) is 13.9. The van der Waals surface area contributed by atoms with Gasteiger partial charge in [-0.25, -0.2) is 9.78 Å². The minimum Gasteiger partial charge on any atom is -0.466 e. The standard InChI is InChI=1S/C11H15N3O4/c1-2-18-10(16)4-6-12-9(15)8-14-7-3-5-13-11(14)17/h3,5,7H,2,4,6,8H2,1H3,(H,12,15). The van der Waals surface area contributed by atoms with Crippen LogP contribution in [-0.4, -0.2) is 34.6 Å². The van der Waals surface area contributed by atoms with Crippen LogP contribution < -0.4 is 11.0 Å². The molecule has 0 radical (unpaired) electrons. The quantitative estimate of drug-likeness (QED) is 0.678. The maximum atomic E-state index is 11.5. The maximum Gasteiger partial charge on any atom is 0.347 e. The maximum absolute atomic E-state index is 11.5. The van der Waals surface area contributed by atoms with Crippen LogP contribution in [-0.2, 0) is 20.9 Å². The van der Waals surface area contributed by atoms with Crippen LogP contribution in [0.5, 0.6) is 0 Å². The lowest BCUT2D eigenvalue weighted by molar-refractivity contribution is -0.143. The predicted molar refractivity (Wildman–Crippen MR) is 62.8 cm³/mol. The van der Waals surface area contributed by atoms with E-state index in [4.69, 9.17) is 4.74 Å². The van der Waals surface area contributed by atoms with Crippen molar-refractivity contribution < 1.29 is 14.3 Å². The van der Waals surface area contributed by atoms with E-state index in [1.54, 1.807) is 13.0 Å². The molecule has 7 nitrogen and oxygen atoms in total.